The number of aliphatic hydroxyl groups is 2. The van der Waals surface area contributed by atoms with Crippen molar-refractivity contribution >= 4 is 35.7 Å². The van der Waals surface area contributed by atoms with Gasteiger partial charge in [0.1, 0.15) is 38.5 Å². The van der Waals surface area contributed by atoms with Crippen LogP contribution in [0, 0.1) is 0 Å². The fourth-order valence-corrected chi connectivity index (χ4v) is 8.40. The summed E-state index contributed by atoms with van der Waals surface area (Å²) in [6.45, 7) is 10.0. The highest BCUT2D eigenvalue weighted by atomic mass is 35.5. The van der Waals surface area contributed by atoms with Crippen molar-refractivity contribution in [3.63, 3.8) is 0 Å². The molecular formula is C58H108Cl2N4O12. The number of nitrogens with zero attached hydrogens (tertiary/aromatic N) is 2. The maximum Gasteiger partial charge on any atom is 0.362 e. The number of likely N-dealkylation sites (N-methyl/N-ethyl adjacent to an activating group) is 2. The van der Waals surface area contributed by atoms with Gasteiger partial charge in [-0.25, -0.2) is 9.59 Å². The lowest BCUT2D eigenvalue weighted by Gasteiger charge is -2.30. The number of nitrogens with one attached hydrogen (secondary N) is 2. The van der Waals surface area contributed by atoms with Crippen LogP contribution in [0.4, 0.5) is 0 Å². The fraction of sp³-hybridized carbons (Fsp3) is 0.828. The Hall–Kier alpha value is -3.28. The van der Waals surface area contributed by atoms with E-state index in [9.17, 15) is 39.0 Å². The lowest BCUT2D eigenvalue weighted by molar-refractivity contribution is -0.883. The van der Waals surface area contributed by atoms with E-state index in [2.05, 4.69) is 36.6 Å². The molecule has 0 saturated carbocycles. The number of carbonyl (C=O) groups excluding carboxylic acids is 6. The molecule has 0 aliphatic rings. The van der Waals surface area contributed by atoms with Crippen molar-refractivity contribution < 1.29 is 91.7 Å². The van der Waals surface area contributed by atoms with E-state index < -0.39 is 24.4 Å². The van der Waals surface area contributed by atoms with Crippen LogP contribution in [0.15, 0.2) is 24.3 Å². The van der Waals surface area contributed by atoms with Gasteiger partial charge in [0.25, 0.3) is 0 Å². The quantitative estimate of drug-likeness (QED) is 0.0228. The van der Waals surface area contributed by atoms with Crippen molar-refractivity contribution in [2.45, 2.75) is 232 Å². The first-order valence-corrected chi connectivity index (χ1v) is 28.8. The molecule has 446 valence electrons. The lowest BCUT2D eigenvalue weighted by atomic mass is 10.0. The van der Waals surface area contributed by atoms with Crippen LogP contribution in [-0.2, 0) is 47.7 Å². The van der Waals surface area contributed by atoms with Crippen LogP contribution in [0.3, 0.4) is 0 Å². The number of aliphatic hydroxyl groups excluding tert-OH is 2. The molecule has 0 heterocycles. The Labute approximate surface area is 473 Å². The van der Waals surface area contributed by atoms with E-state index in [-0.39, 0.29) is 86.8 Å². The van der Waals surface area contributed by atoms with Gasteiger partial charge in [-0.1, -0.05) is 115 Å². The minimum atomic E-state index is -0.766. The molecule has 0 aromatic carbocycles. The Morgan fingerprint density at radius 1 is 0.474 bits per heavy atom. The number of unbranched alkanes of at least 4 members (excludes halogenated alkanes) is 17. The number of hydrogen-bond donors (Lipinski definition) is 4. The summed E-state index contributed by atoms with van der Waals surface area (Å²) in [7, 11) is 7.54. The van der Waals surface area contributed by atoms with E-state index in [0.29, 0.717) is 73.7 Å². The van der Waals surface area contributed by atoms with Crippen LogP contribution >= 0.6 is 0 Å². The van der Waals surface area contributed by atoms with Gasteiger partial charge in [-0.2, -0.15) is 0 Å². The fourth-order valence-electron chi connectivity index (χ4n) is 8.40. The van der Waals surface area contributed by atoms with Gasteiger partial charge < -0.3 is 73.6 Å². The van der Waals surface area contributed by atoms with Gasteiger partial charge in [0.2, 0.25) is 11.8 Å². The van der Waals surface area contributed by atoms with Crippen LogP contribution in [0.25, 0.3) is 0 Å². The van der Waals surface area contributed by atoms with Crippen molar-refractivity contribution in [1.29, 1.82) is 0 Å². The van der Waals surface area contributed by atoms with Crippen LogP contribution in [-0.4, -0.2) is 160 Å². The topological polar surface area (TPSA) is 204 Å². The first-order valence-electron chi connectivity index (χ1n) is 28.8. The average molecular weight is 1120 g/mol. The van der Waals surface area contributed by atoms with Crippen molar-refractivity contribution in [3.05, 3.63) is 24.3 Å². The second kappa shape index (κ2) is 50.0. The number of hydrogen-bond acceptors (Lipinski definition) is 12. The SMILES string of the molecule is CCCCCC(OC(=O)C[N+](C)(C)CCOC(C)=O)C(O)CC=CCCCCCCCC(=O)NCCCCCCNC(=O)CCCCCCCC=CCC(O)C(CCCCC)OC(=O)C[N+](C)(C)CCOC(C)=O.[Cl-].[Cl-]. The number of amides is 2. The normalized spacial score (nSPS) is 13.2. The molecular weight excluding hydrogens is 1020 g/mol. The van der Waals surface area contributed by atoms with Crippen molar-refractivity contribution in [2.24, 2.45) is 0 Å². The Bertz CT molecular complexity index is 1450. The van der Waals surface area contributed by atoms with E-state index >= 15 is 0 Å². The maximum atomic E-state index is 12.8. The third-order valence-corrected chi connectivity index (χ3v) is 13.1. The summed E-state index contributed by atoms with van der Waals surface area (Å²) >= 11 is 0. The number of ether oxygens (including phenoxy) is 4. The highest BCUT2D eigenvalue weighted by Gasteiger charge is 2.29. The zero-order chi connectivity index (χ0) is 55.3. The number of esters is 4. The standard InChI is InChI=1S/C58H106N4O12.2ClH/c1-9-11-27-37-53(73-57(69)47-61(5,6)43-45-71-49(3)63)51(65)35-29-21-17-13-15-19-23-31-39-55(67)59-41-33-25-26-34-42-60-56(68)40-32-24-20-16-14-18-22-30-36-52(66)54(38-28-12-10-2)74-58(70)48-62(7,8)44-46-72-50(4)64;;/h21-22,29-30,51-54,65-66H,9-20,23-28,31-48H2,1-8H3;2*1H. The Morgan fingerprint density at radius 3 is 1.17 bits per heavy atom. The minimum Gasteiger partial charge on any atom is -1.00 e. The molecule has 2 amide bonds. The summed E-state index contributed by atoms with van der Waals surface area (Å²) in [5, 5.41) is 27.9. The third-order valence-electron chi connectivity index (χ3n) is 13.1. The predicted octanol–water partition coefficient (Wildman–Crippen LogP) is 3.13. The van der Waals surface area contributed by atoms with Crippen LogP contribution < -0.4 is 35.4 Å². The maximum absolute atomic E-state index is 12.8. The Morgan fingerprint density at radius 2 is 0.816 bits per heavy atom. The number of allylic oxidation sites excluding steroid dienone is 2. The number of rotatable bonds is 49. The van der Waals surface area contributed by atoms with Crippen LogP contribution in [0.1, 0.15) is 207 Å². The Kier molecular flexibility index (Phi) is 50.6. The molecule has 0 radical (unpaired) electrons. The third kappa shape index (κ3) is 49.0. The molecule has 0 bridgehead atoms. The molecule has 0 aliphatic heterocycles. The number of carbonyl (C=O) groups is 6. The molecule has 18 heteroatoms. The number of quaternary nitrogens is 2. The van der Waals surface area contributed by atoms with Crippen LogP contribution in [0.5, 0.6) is 0 Å². The van der Waals surface area contributed by atoms with E-state index in [0.717, 1.165) is 141 Å². The highest BCUT2D eigenvalue weighted by Crippen LogP contribution is 2.18. The van der Waals surface area contributed by atoms with Gasteiger partial charge >= 0.3 is 23.9 Å². The van der Waals surface area contributed by atoms with Crippen molar-refractivity contribution in [1.82, 2.24) is 10.6 Å². The van der Waals surface area contributed by atoms with Gasteiger partial charge in [-0.3, -0.25) is 19.2 Å². The molecule has 76 heavy (non-hydrogen) atoms. The van der Waals surface area contributed by atoms with Gasteiger partial charge in [0.15, 0.2) is 13.1 Å². The zero-order valence-corrected chi connectivity index (χ0v) is 50.2. The van der Waals surface area contributed by atoms with E-state index in [4.69, 9.17) is 18.9 Å². The second-order valence-electron chi connectivity index (χ2n) is 21.6. The smallest absolute Gasteiger partial charge is 0.362 e. The molecule has 0 saturated heterocycles. The number of halogens is 2. The molecule has 0 aromatic rings. The monoisotopic (exact) mass is 1120 g/mol. The summed E-state index contributed by atoms with van der Waals surface area (Å²) in [6.07, 6.45) is 30.5. The molecule has 0 aliphatic carbocycles. The summed E-state index contributed by atoms with van der Waals surface area (Å²) in [6, 6.07) is 0. The first-order chi connectivity index (χ1) is 35.3. The minimum absolute atomic E-state index is 0. The van der Waals surface area contributed by atoms with E-state index in [1.807, 2.05) is 40.3 Å². The molecule has 16 nitrogen and oxygen atoms in total. The molecule has 4 atom stereocenters. The van der Waals surface area contributed by atoms with Gasteiger partial charge in [0.05, 0.1) is 40.4 Å². The van der Waals surface area contributed by atoms with E-state index in [1.54, 1.807) is 0 Å². The van der Waals surface area contributed by atoms with E-state index in [1.165, 1.54) is 13.8 Å². The summed E-state index contributed by atoms with van der Waals surface area (Å²) < 4.78 is 22.2. The highest BCUT2D eigenvalue weighted by molar-refractivity contribution is 5.76. The summed E-state index contributed by atoms with van der Waals surface area (Å²) in [5.41, 5.74) is 0. The molecule has 0 spiro atoms. The molecule has 0 aromatic heterocycles. The molecule has 0 rings (SSSR count). The molecule has 4 unspecified atom stereocenters. The summed E-state index contributed by atoms with van der Waals surface area (Å²) in [4.78, 5) is 72.4. The molecule has 4 N–H and O–H groups in total. The second-order valence-corrected chi connectivity index (χ2v) is 21.6. The van der Waals surface area contributed by atoms with Crippen LogP contribution in [0.2, 0.25) is 0 Å². The lowest BCUT2D eigenvalue weighted by Crippen LogP contribution is -3.00. The van der Waals surface area contributed by atoms with Gasteiger partial charge in [-0.05, 0) is 89.9 Å². The van der Waals surface area contributed by atoms with Crippen molar-refractivity contribution in [2.75, 3.05) is 80.7 Å². The first kappa shape index (κ1) is 77.0. The van der Waals surface area contributed by atoms with Gasteiger partial charge in [-0.15, -0.1) is 0 Å². The molecule has 0 fully saturated rings. The van der Waals surface area contributed by atoms with Crippen molar-refractivity contribution in [3.8, 4) is 0 Å². The Balaban J connectivity index is -0.0000266. The average Bonchev–Trinajstić information content (AvgIpc) is 3.32. The van der Waals surface area contributed by atoms with Gasteiger partial charge in [0, 0.05) is 39.8 Å². The largest absolute Gasteiger partial charge is 1.00 e. The summed E-state index contributed by atoms with van der Waals surface area (Å²) in [5.74, 6) is -1.20. The zero-order valence-electron chi connectivity index (χ0n) is 48.7. The predicted molar refractivity (Wildman–Crippen MR) is 294 cm³/mol.